The van der Waals surface area contributed by atoms with Crippen molar-refractivity contribution in [2.45, 2.75) is 0 Å². The van der Waals surface area contributed by atoms with Crippen molar-refractivity contribution < 1.29 is 5.11 Å². The molecule has 52 valence electrons. The Morgan fingerprint density at radius 1 is 0.909 bits per heavy atom. The van der Waals surface area contributed by atoms with E-state index in [0.29, 0.717) is 5.75 Å². The first kappa shape index (κ1) is 8.38. The molecule has 5 heteroatoms. The van der Waals surface area contributed by atoms with Crippen molar-refractivity contribution in [2.24, 2.45) is 0 Å². The molecular weight excluding hydrogens is 131 g/mol. The largest absolute Gasteiger partial charge is 0.509 e. The van der Waals surface area contributed by atoms with Gasteiger partial charge in [-0.25, -0.2) is 0 Å². The van der Waals surface area contributed by atoms with Gasteiger partial charge in [0.1, 0.15) is 37.1 Å². The maximum Gasteiger partial charge on any atom is 0.144 e. The summed E-state index contributed by atoms with van der Waals surface area (Å²) >= 11 is 0. The Balaban J connectivity index is 3.46. The monoisotopic (exact) mass is 142 g/mol. The Morgan fingerprint density at radius 2 is 1.45 bits per heavy atom. The van der Waals surface area contributed by atoms with Crippen molar-refractivity contribution in [3.05, 3.63) is 6.07 Å². The highest BCUT2D eigenvalue weighted by atomic mass is 16.3. The summed E-state index contributed by atoms with van der Waals surface area (Å²) in [7, 11) is 7.97. The highest BCUT2D eigenvalue weighted by molar-refractivity contribution is 6.59. The zero-order valence-electron chi connectivity index (χ0n) is 7.52. The maximum absolute atomic E-state index is 9.51. The van der Waals surface area contributed by atoms with Gasteiger partial charge in [0.2, 0.25) is 0 Å². The maximum atomic E-state index is 9.51. The lowest BCUT2D eigenvalue weighted by Gasteiger charge is -2.10. The number of phenols is 1. The quantitative estimate of drug-likeness (QED) is 0.357. The molecule has 0 aliphatic carbocycles. The minimum Gasteiger partial charge on any atom is -0.509 e. The number of phenolic OH excluding ortho intramolecular Hbond substituents is 1. The average Bonchev–Trinajstić information content (AvgIpc) is 1.97. The third-order valence-electron chi connectivity index (χ3n) is 2.32. The van der Waals surface area contributed by atoms with Gasteiger partial charge in [-0.2, -0.15) is 0 Å². The SMILES string of the molecule is Bc1cc(B)c(O)c(B)c1B. The highest BCUT2D eigenvalue weighted by Crippen LogP contribution is 1.91. The van der Waals surface area contributed by atoms with Crippen molar-refractivity contribution in [3.8, 4) is 5.75 Å². The second-order valence-electron chi connectivity index (χ2n) is 3.11. The number of hydrogen-bond acceptors (Lipinski definition) is 1. The third-order valence-corrected chi connectivity index (χ3v) is 2.32. The van der Waals surface area contributed by atoms with E-state index in [1.165, 1.54) is 10.9 Å². The molecule has 0 atom stereocenters. The molecule has 0 spiro atoms. The second-order valence-corrected chi connectivity index (χ2v) is 3.11. The summed E-state index contributed by atoms with van der Waals surface area (Å²) in [4.78, 5) is 0. The molecule has 1 aromatic rings. The topological polar surface area (TPSA) is 20.2 Å². The van der Waals surface area contributed by atoms with Gasteiger partial charge in [-0.15, -0.1) is 0 Å². The van der Waals surface area contributed by atoms with Crippen LogP contribution in [0.1, 0.15) is 0 Å². The standard InChI is InChI=1S/C6H10B4O/c7-2-1-3(8)6(11)5(10)4(2)9/h1,11H,7-10H2. The normalized spacial score (nSPS) is 9.82. The molecule has 0 saturated carbocycles. The van der Waals surface area contributed by atoms with E-state index in [4.69, 9.17) is 0 Å². The van der Waals surface area contributed by atoms with Crippen molar-refractivity contribution in [2.75, 3.05) is 0 Å². The van der Waals surface area contributed by atoms with Crippen LogP contribution in [0.2, 0.25) is 0 Å². The molecule has 0 aromatic heterocycles. The van der Waals surface area contributed by atoms with Gasteiger partial charge in [-0.05, 0) is 5.46 Å². The third kappa shape index (κ3) is 1.32. The molecule has 0 aliphatic rings. The van der Waals surface area contributed by atoms with Gasteiger partial charge in [0.15, 0.2) is 0 Å². The molecule has 1 N–H and O–H groups in total. The smallest absolute Gasteiger partial charge is 0.144 e. The fraction of sp³-hybridized carbons (Fsp3) is 0. The predicted octanol–water partition coefficient (Wildman–Crippen LogP) is -5.57. The molecule has 0 saturated heterocycles. The molecule has 0 amide bonds. The van der Waals surface area contributed by atoms with E-state index in [0.717, 1.165) is 10.9 Å². The van der Waals surface area contributed by atoms with Crippen LogP contribution in [0.5, 0.6) is 5.75 Å². The predicted molar refractivity (Wildman–Crippen MR) is 60.8 cm³/mol. The molecular formula is C6H10B4O. The Hall–Kier alpha value is -0.720. The van der Waals surface area contributed by atoms with Crippen LogP contribution >= 0.6 is 0 Å². The van der Waals surface area contributed by atoms with E-state index in [1.54, 1.807) is 0 Å². The Labute approximate surface area is 70.8 Å². The molecule has 0 radical (unpaired) electrons. The molecule has 1 nitrogen and oxygen atoms in total. The zero-order chi connectivity index (χ0) is 8.59. The fourth-order valence-electron chi connectivity index (χ4n) is 1.27. The van der Waals surface area contributed by atoms with Crippen molar-refractivity contribution in [3.63, 3.8) is 0 Å². The van der Waals surface area contributed by atoms with Gasteiger partial charge in [0.05, 0.1) is 0 Å². The molecule has 0 fully saturated rings. The summed E-state index contributed by atoms with van der Waals surface area (Å²) in [5, 5.41) is 9.51. The number of benzene rings is 1. The lowest BCUT2D eigenvalue weighted by Crippen LogP contribution is -2.42. The summed E-state index contributed by atoms with van der Waals surface area (Å²) in [5.74, 6) is 0.438. The van der Waals surface area contributed by atoms with Crippen molar-refractivity contribution in [1.29, 1.82) is 0 Å². The van der Waals surface area contributed by atoms with Crippen molar-refractivity contribution in [1.82, 2.24) is 0 Å². The molecule has 1 aromatic carbocycles. The van der Waals surface area contributed by atoms with Gasteiger partial charge in [-0.3, -0.25) is 0 Å². The minimum absolute atomic E-state index is 0.438. The number of rotatable bonds is 0. The van der Waals surface area contributed by atoms with Gasteiger partial charge in [0.25, 0.3) is 0 Å². The average molecular weight is 141 g/mol. The van der Waals surface area contributed by atoms with Crippen LogP contribution < -0.4 is 21.9 Å². The lowest BCUT2D eigenvalue weighted by atomic mass is 9.69. The molecule has 0 unspecified atom stereocenters. The van der Waals surface area contributed by atoms with Crippen LogP contribution in [0.25, 0.3) is 0 Å². The van der Waals surface area contributed by atoms with E-state index in [2.05, 4.69) is 7.85 Å². The minimum atomic E-state index is 0.438. The van der Waals surface area contributed by atoms with Gasteiger partial charge in [0, 0.05) is 0 Å². The lowest BCUT2D eigenvalue weighted by molar-refractivity contribution is 0.484. The van der Waals surface area contributed by atoms with E-state index >= 15 is 0 Å². The summed E-state index contributed by atoms with van der Waals surface area (Å²) in [5.41, 5.74) is 4.40. The Morgan fingerprint density at radius 3 is 2.00 bits per heavy atom. The van der Waals surface area contributed by atoms with Crippen LogP contribution in [0, 0.1) is 0 Å². The Bertz CT molecular complexity index is 271. The summed E-state index contributed by atoms with van der Waals surface area (Å²) in [6.07, 6.45) is 0. The van der Waals surface area contributed by atoms with Gasteiger partial charge in [-0.1, -0.05) is 22.5 Å². The van der Waals surface area contributed by atoms with Crippen LogP contribution in [0.3, 0.4) is 0 Å². The fourth-order valence-corrected chi connectivity index (χ4v) is 1.27. The van der Waals surface area contributed by atoms with Gasteiger partial charge < -0.3 is 5.11 Å². The van der Waals surface area contributed by atoms with Gasteiger partial charge >= 0.3 is 0 Å². The van der Waals surface area contributed by atoms with E-state index in [1.807, 2.05) is 29.6 Å². The second kappa shape index (κ2) is 2.72. The first-order chi connectivity index (χ1) is 5.04. The molecule has 11 heavy (non-hydrogen) atoms. The summed E-state index contributed by atoms with van der Waals surface area (Å²) < 4.78 is 0. The highest BCUT2D eigenvalue weighted by Gasteiger charge is 2.04. The molecule has 0 heterocycles. The van der Waals surface area contributed by atoms with Crippen LogP contribution in [-0.4, -0.2) is 36.5 Å². The van der Waals surface area contributed by atoms with Crippen molar-refractivity contribution >= 4 is 53.2 Å². The zero-order valence-corrected chi connectivity index (χ0v) is 7.52. The molecule has 1 rings (SSSR count). The van der Waals surface area contributed by atoms with Crippen LogP contribution in [0.15, 0.2) is 6.07 Å². The van der Waals surface area contributed by atoms with Crippen LogP contribution in [-0.2, 0) is 0 Å². The van der Waals surface area contributed by atoms with E-state index in [9.17, 15) is 5.11 Å². The van der Waals surface area contributed by atoms with E-state index < -0.39 is 0 Å². The first-order valence-electron chi connectivity index (χ1n) is 3.80. The Kier molecular flexibility index (Phi) is 2.08. The van der Waals surface area contributed by atoms with Crippen LogP contribution in [0.4, 0.5) is 0 Å². The first-order valence-corrected chi connectivity index (χ1v) is 3.80. The molecule has 0 aliphatic heterocycles. The summed E-state index contributed by atoms with van der Waals surface area (Å²) in [6, 6.07) is 2.01. The number of aromatic hydroxyl groups is 1. The molecule has 0 bridgehead atoms. The summed E-state index contributed by atoms with van der Waals surface area (Å²) in [6.45, 7) is 0. The van der Waals surface area contributed by atoms with E-state index in [-0.39, 0.29) is 0 Å². The number of hydrogen-bond donors (Lipinski definition) is 1.